The molecule has 0 spiro atoms. The number of fused-ring (bicyclic) bond motifs is 1. The SMILES string of the molecule is CCCc1[nH]nc(-c2ccc3c(c2)OCO3)c1NC(=O)c1ccccc1. The van der Waals surface area contributed by atoms with E-state index in [0.29, 0.717) is 28.4 Å². The lowest BCUT2D eigenvalue weighted by molar-refractivity contribution is 0.102. The summed E-state index contributed by atoms with van der Waals surface area (Å²) in [5.74, 6) is 1.24. The second-order valence-electron chi connectivity index (χ2n) is 6.06. The standard InChI is InChI=1S/C20H19N3O3/c1-2-6-15-19(21-20(24)13-7-4-3-5-8-13)18(23-22-15)14-9-10-16-17(11-14)26-12-25-16/h3-5,7-11H,2,6,12H2,1H3,(H,21,24)(H,22,23). The summed E-state index contributed by atoms with van der Waals surface area (Å²) in [5, 5.41) is 10.5. The third-order valence-electron chi connectivity index (χ3n) is 4.26. The van der Waals surface area contributed by atoms with E-state index >= 15 is 0 Å². The molecule has 0 saturated carbocycles. The second-order valence-corrected chi connectivity index (χ2v) is 6.06. The average molecular weight is 349 g/mol. The van der Waals surface area contributed by atoms with Crippen molar-refractivity contribution >= 4 is 11.6 Å². The van der Waals surface area contributed by atoms with Gasteiger partial charge >= 0.3 is 0 Å². The first-order chi connectivity index (χ1) is 12.8. The highest BCUT2D eigenvalue weighted by Crippen LogP contribution is 2.38. The van der Waals surface area contributed by atoms with Crippen LogP contribution in [-0.4, -0.2) is 22.9 Å². The highest BCUT2D eigenvalue weighted by atomic mass is 16.7. The molecule has 26 heavy (non-hydrogen) atoms. The van der Waals surface area contributed by atoms with E-state index in [0.717, 1.165) is 24.1 Å². The summed E-state index contributed by atoms with van der Waals surface area (Å²) in [6.45, 7) is 2.31. The first kappa shape index (κ1) is 16.2. The molecule has 1 aromatic heterocycles. The van der Waals surface area contributed by atoms with Crippen molar-refractivity contribution in [3.05, 3.63) is 59.8 Å². The van der Waals surface area contributed by atoms with E-state index < -0.39 is 0 Å². The van der Waals surface area contributed by atoms with Crippen LogP contribution in [0.15, 0.2) is 48.5 Å². The van der Waals surface area contributed by atoms with Crippen LogP contribution in [0.4, 0.5) is 5.69 Å². The number of aromatic nitrogens is 2. The van der Waals surface area contributed by atoms with Crippen LogP contribution in [0.1, 0.15) is 29.4 Å². The summed E-state index contributed by atoms with van der Waals surface area (Å²) in [6.07, 6.45) is 1.74. The molecule has 0 fully saturated rings. The van der Waals surface area contributed by atoms with Gasteiger partial charge in [0.25, 0.3) is 5.91 Å². The molecule has 1 aliphatic heterocycles. The normalized spacial score (nSPS) is 12.2. The van der Waals surface area contributed by atoms with Gasteiger partial charge in [0.05, 0.1) is 11.4 Å². The Morgan fingerprint density at radius 1 is 1.15 bits per heavy atom. The van der Waals surface area contributed by atoms with Gasteiger partial charge in [0.1, 0.15) is 5.69 Å². The molecule has 2 aromatic carbocycles. The van der Waals surface area contributed by atoms with Gasteiger partial charge in [-0.3, -0.25) is 9.89 Å². The molecule has 4 rings (SSSR count). The lowest BCUT2D eigenvalue weighted by Crippen LogP contribution is -2.13. The van der Waals surface area contributed by atoms with Crippen LogP contribution in [0.2, 0.25) is 0 Å². The number of aromatic amines is 1. The maximum absolute atomic E-state index is 12.6. The van der Waals surface area contributed by atoms with E-state index in [9.17, 15) is 4.79 Å². The van der Waals surface area contributed by atoms with Gasteiger partial charge in [-0.2, -0.15) is 5.10 Å². The molecule has 0 atom stereocenters. The highest BCUT2D eigenvalue weighted by Gasteiger charge is 2.20. The first-order valence-electron chi connectivity index (χ1n) is 8.60. The Hall–Kier alpha value is -3.28. The monoisotopic (exact) mass is 349 g/mol. The topological polar surface area (TPSA) is 76.2 Å². The van der Waals surface area contributed by atoms with E-state index in [1.165, 1.54) is 0 Å². The number of nitrogens with zero attached hydrogens (tertiary/aromatic N) is 1. The molecule has 2 N–H and O–H groups in total. The summed E-state index contributed by atoms with van der Waals surface area (Å²) in [6, 6.07) is 14.8. The van der Waals surface area contributed by atoms with Crippen LogP contribution >= 0.6 is 0 Å². The molecule has 2 heterocycles. The minimum atomic E-state index is -0.161. The van der Waals surface area contributed by atoms with E-state index in [-0.39, 0.29) is 12.7 Å². The first-order valence-corrected chi connectivity index (χ1v) is 8.60. The van der Waals surface area contributed by atoms with Crippen molar-refractivity contribution < 1.29 is 14.3 Å². The van der Waals surface area contributed by atoms with Gasteiger partial charge in [-0.25, -0.2) is 0 Å². The molecular formula is C20H19N3O3. The maximum atomic E-state index is 12.6. The molecule has 0 bridgehead atoms. The third-order valence-corrected chi connectivity index (χ3v) is 4.26. The van der Waals surface area contributed by atoms with Crippen LogP contribution < -0.4 is 14.8 Å². The fraction of sp³-hybridized carbons (Fsp3) is 0.200. The Kier molecular flexibility index (Phi) is 4.31. The van der Waals surface area contributed by atoms with Gasteiger partial charge in [0.15, 0.2) is 11.5 Å². The molecule has 0 aliphatic carbocycles. The van der Waals surface area contributed by atoms with E-state index in [2.05, 4.69) is 22.4 Å². The largest absolute Gasteiger partial charge is 0.454 e. The molecule has 1 amide bonds. The molecule has 6 nitrogen and oxygen atoms in total. The number of nitrogens with one attached hydrogen (secondary N) is 2. The Morgan fingerprint density at radius 3 is 2.77 bits per heavy atom. The zero-order chi connectivity index (χ0) is 17.9. The molecule has 0 saturated heterocycles. The predicted molar refractivity (Wildman–Crippen MR) is 98.5 cm³/mol. The average Bonchev–Trinajstić information content (AvgIpc) is 3.29. The molecule has 6 heteroatoms. The van der Waals surface area contributed by atoms with Crippen molar-refractivity contribution in [2.75, 3.05) is 12.1 Å². The lowest BCUT2D eigenvalue weighted by Gasteiger charge is -2.09. The van der Waals surface area contributed by atoms with Gasteiger partial charge in [-0.1, -0.05) is 31.5 Å². The minimum Gasteiger partial charge on any atom is -0.454 e. The van der Waals surface area contributed by atoms with Crippen molar-refractivity contribution in [1.29, 1.82) is 0 Å². The highest BCUT2D eigenvalue weighted by molar-refractivity contribution is 6.06. The van der Waals surface area contributed by atoms with Gasteiger partial charge < -0.3 is 14.8 Å². The number of ether oxygens (including phenoxy) is 2. The minimum absolute atomic E-state index is 0.161. The van der Waals surface area contributed by atoms with Gasteiger partial charge in [0.2, 0.25) is 6.79 Å². The number of H-pyrrole nitrogens is 1. The molecule has 0 radical (unpaired) electrons. The summed E-state index contributed by atoms with van der Waals surface area (Å²) < 4.78 is 10.8. The summed E-state index contributed by atoms with van der Waals surface area (Å²) >= 11 is 0. The Bertz CT molecular complexity index is 935. The van der Waals surface area contributed by atoms with E-state index in [1.807, 2.05) is 36.4 Å². The number of benzene rings is 2. The predicted octanol–water partition coefficient (Wildman–Crippen LogP) is 4.01. The second kappa shape index (κ2) is 6.92. The van der Waals surface area contributed by atoms with E-state index in [1.54, 1.807) is 12.1 Å². The number of anilines is 1. The van der Waals surface area contributed by atoms with Gasteiger partial charge in [-0.15, -0.1) is 0 Å². The van der Waals surface area contributed by atoms with Crippen molar-refractivity contribution in [3.8, 4) is 22.8 Å². The van der Waals surface area contributed by atoms with Gasteiger partial charge in [0, 0.05) is 11.1 Å². The van der Waals surface area contributed by atoms with Crippen molar-refractivity contribution in [2.45, 2.75) is 19.8 Å². The summed E-state index contributed by atoms with van der Waals surface area (Å²) in [5.41, 5.74) is 3.77. The number of rotatable bonds is 5. The van der Waals surface area contributed by atoms with Crippen LogP contribution in [0.25, 0.3) is 11.3 Å². The molecule has 1 aliphatic rings. The smallest absolute Gasteiger partial charge is 0.255 e. The Morgan fingerprint density at radius 2 is 1.96 bits per heavy atom. The Labute approximate surface area is 151 Å². The van der Waals surface area contributed by atoms with Crippen LogP contribution in [0.3, 0.4) is 0 Å². The zero-order valence-electron chi connectivity index (χ0n) is 14.4. The van der Waals surface area contributed by atoms with Crippen molar-refractivity contribution in [3.63, 3.8) is 0 Å². The van der Waals surface area contributed by atoms with Gasteiger partial charge in [-0.05, 0) is 36.8 Å². The lowest BCUT2D eigenvalue weighted by atomic mass is 10.1. The molecule has 3 aromatic rings. The van der Waals surface area contributed by atoms with E-state index in [4.69, 9.17) is 9.47 Å². The molecule has 132 valence electrons. The van der Waals surface area contributed by atoms with Crippen LogP contribution in [-0.2, 0) is 6.42 Å². The number of carbonyl (C=O) groups excluding carboxylic acids is 1. The quantitative estimate of drug-likeness (QED) is 0.730. The third kappa shape index (κ3) is 3.01. The number of hydrogen-bond acceptors (Lipinski definition) is 4. The number of hydrogen-bond donors (Lipinski definition) is 2. The number of amides is 1. The van der Waals surface area contributed by atoms with Crippen LogP contribution in [0.5, 0.6) is 11.5 Å². The number of carbonyl (C=O) groups is 1. The van der Waals surface area contributed by atoms with Crippen molar-refractivity contribution in [1.82, 2.24) is 10.2 Å². The maximum Gasteiger partial charge on any atom is 0.255 e. The molecule has 0 unspecified atom stereocenters. The fourth-order valence-corrected chi connectivity index (χ4v) is 2.97. The van der Waals surface area contributed by atoms with Crippen molar-refractivity contribution in [2.24, 2.45) is 0 Å². The fourth-order valence-electron chi connectivity index (χ4n) is 2.97. The Balaban J connectivity index is 1.70. The number of aryl methyl sites for hydroxylation is 1. The summed E-state index contributed by atoms with van der Waals surface area (Å²) in [7, 11) is 0. The molecular weight excluding hydrogens is 330 g/mol. The zero-order valence-corrected chi connectivity index (χ0v) is 14.4. The van der Waals surface area contributed by atoms with Crippen LogP contribution in [0, 0.1) is 0 Å². The summed E-state index contributed by atoms with van der Waals surface area (Å²) in [4.78, 5) is 12.6.